The molecule has 1 amide bonds. The van der Waals surface area contributed by atoms with E-state index in [4.69, 9.17) is 14.2 Å². The van der Waals surface area contributed by atoms with Crippen LogP contribution in [0.15, 0.2) is 48.5 Å². The maximum Gasteiger partial charge on any atom is 0.408 e. The summed E-state index contributed by atoms with van der Waals surface area (Å²) < 4.78 is 15.7. The molecule has 0 saturated heterocycles. The van der Waals surface area contributed by atoms with Gasteiger partial charge >= 0.3 is 18.0 Å². The third kappa shape index (κ3) is 13.4. The first kappa shape index (κ1) is 33.5. The van der Waals surface area contributed by atoms with Crippen molar-refractivity contribution in [3.8, 4) is 11.5 Å². The van der Waals surface area contributed by atoms with E-state index in [0.29, 0.717) is 5.56 Å². The Hall–Kier alpha value is -3.75. The molecule has 0 saturated carbocycles. The van der Waals surface area contributed by atoms with E-state index >= 15 is 0 Å². The molecular weight excluding hydrogens is 526 g/mol. The van der Waals surface area contributed by atoms with Gasteiger partial charge in [0.1, 0.15) is 12.1 Å². The summed E-state index contributed by atoms with van der Waals surface area (Å²) in [6, 6.07) is 13.1. The Balaban J connectivity index is 1.81. The summed E-state index contributed by atoms with van der Waals surface area (Å²) in [6.07, 6.45) is 10.7. The molecule has 0 aliphatic heterocycles. The fourth-order valence-corrected chi connectivity index (χ4v) is 4.34. The minimum absolute atomic E-state index is 0.0108. The third-order valence-corrected chi connectivity index (χ3v) is 6.72. The van der Waals surface area contributed by atoms with E-state index in [1.54, 1.807) is 12.1 Å². The predicted octanol–water partition coefficient (Wildman–Crippen LogP) is 6.33. The summed E-state index contributed by atoms with van der Waals surface area (Å²) in [6.45, 7) is 3.28. The number of phenolic OH excluding ortho intramolecular Hbond substituents is 2. The largest absolute Gasteiger partial charge is 0.504 e. The van der Waals surface area contributed by atoms with Crippen molar-refractivity contribution in [1.29, 1.82) is 0 Å². The summed E-state index contributed by atoms with van der Waals surface area (Å²) in [5, 5.41) is 22.0. The molecule has 226 valence electrons. The SMILES string of the molecule is CCCCCCCCCCCCOC(=O)COC(=O)C(C)(Cc1ccc(O)c(O)c1)NC(=O)OCc1ccccc1. The van der Waals surface area contributed by atoms with E-state index in [9.17, 15) is 24.6 Å². The second-order valence-electron chi connectivity index (χ2n) is 10.5. The van der Waals surface area contributed by atoms with Crippen LogP contribution in [0.4, 0.5) is 4.79 Å². The number of phenols is 2. The number of hydrogen-bond acceptors (Lipinski definition) is 8. The van der Waals surface area contributed by atoms with Gasteiger partial charge in [-0.25, -0.2) is 14.4 Å². The van der Waals surface area contributed by atoms with Crippen molar-refractivity contribution in [3.63, 3.8) is 0 Å². The van der Waals surface area contributed by atoms with Gasteiger partial charge in [-0.15, -0.1) is 0 Å². The number of benzene rings is 2. The van der Waals surface area contributed by atoms with E-state index < -0.39 is 30.2 Å². The summed E-state index contributed by atoms with van der Waals surface area (Å²) in [5.74, 6) is -2.25. The van der Waals surface area contributed by atoms with Crippen LogP contribution in [0, 0.1) is 0 Å². The molecule has 0 fully saturated rings. The van der Waals surface area contributed by atoms with Crippen molar-refractivity contribution in [2.24, 2.45) is 0 Å². The van der Waals surface area contributed by atoms with Crippen LogP contribution in [0.1, 0.15) is 89.2 Å². The van der Waals surface area contributed by atoms with Crippen molar-refractivity contribution in [1.82, 2.24) is 5.32 Å². The molecule has 2 aromatic carbocycles. The molecule has 2 aromatic rings. The molecule has 3 N–H and O–H groups in total. The van der Waals surface area contributed by atoms with Crippen LogP contribution in [-0.2, 0) is 36.8 Å². The average molecular weight is 572 g/mol. The second-order valence-corrected chi connectivity index (χ2v) is 10.5. The van der Waals surface area contributed by atoms with Gasteiger partial charge in [0.25, 0.3) is 0 Å². The molecule has 9 nitrogen and oxygen atoms in total. The molecule has 1 unspecified atom stereocenters. The zero-order valence-corrected chi connectivity index (χ0v) is 24.4. The zero-order chi connectivity index (χ0) is 29.9. The normalized spacial score (nSPS) is 12.2. The first-order valence-electron chi connectivity index (χ1n) is 14.6. The first-order chi connectivity index (χ1) is 19.7. The number of carbonyl (C=O) groups excluding carboxylic acids is 3. The summed E-state index contributed by atoms with van der Waals surface area (Å²) >= 11 is 0. The number of rotatable bonds is 19. The van der Waals surface area contributed by atoms with E-state index in [1.165, 1.54) is 70.1 Å². The van der Waals surface area contributed by atoms with Crippen molar-refractivity contribution < 1.29 is 38.8 Å². The zero-order valence-electron chi connectivity index (χ0n) is 24.4. The standard InChI is InChI=1S/C32H45NO8/c1-3-4-5-6-7-8-9-10-11-15-20-39-29(36)24-40-30(37)32(2,22-26-18-19-27(34)28(35)21-26)33-31(38)41-23-25-16-13-12-14-17-25/h12-14,16-19,21,34-35H,3-11,15,20,22-24H2,1-2H3,(H,33,38). The van der Waals surface area contributed by atoms with Crippen LogP contribution >= 0.6 is 0 Å². The van der Waals surface area contributed by atoms with Gasteiger partial charge in [0, 0.05) is 6.42 Å². The van der Waals surface area contributed by atoms with Crippen molar-refractivity contribution >= 4 is 18.0 Å². The summed E-state index contributed by atoms with van der Waals surface area (Å²) in [4.78, 5) is 37.9. The Labute approximate surface area is 243 Å². The number of ether oxygens (including phenoxy) is 3. The van der Waals surface area contributed by atoms with Crippen LogP contribution in [-0.4, -0.2) is 47.0 Å². The number of aromatic hydroxyl groups is 2. The lowest BCUT2D eigenvalue weighted by Crippen LogP contribution is -2.55. The maximum absolute atomic E-state index is 13.1. The highest BCUT2D eigenvalue weighted by Crippen LogP contribution is 2.27. The number of esters is 2. The number of carbonyl (C=O) groups is 3. The molecule has 1 atom stereocenters. The van der Waals surface area contributed by atoms with Gasteiger partial charge in [-0.2, -0.15) is 0 Å². The van der Waals surface area contributed by atoms with E-state index in [0.717, 1.165) is 24.8 Å². The number of nitrogens with one attached hydrogen (secondary N) is 1. The Morgan fingerprint density at radius 3 is 2.02 bits per heavy atom. The van der Waals surface area contributed by atoms with Crippen LogP contribution < -0.4 is 5.32 Å². The Morgan fingerprint density at radius 1 is 0.756 bits per heavy atom. The van der Waals surface area contributed by atoms with E-state index in [1.807, 2.05) is 18.2 Å². The molecule has 0 aromatic heterocycles. The smallest absolute Gasteiger partial charge is 0.408 e. The van der Waals surface area contributed by atoms with Gasteiger partial charge in [0.05, 0.1) is 6.61 Å². The highest BCUT2D eigenvalue weighted by atomic mass is 16.6. The molecule has 0 bridgehead atoms. The number of amides is 1. The lowest BCUT2D eigenvalue weighted by Gasteiger charge is -2.28. The van der Waals surface area contributed by atoms with Crippen LogP contribution in [0.25, 0.3) is 0 Å². The maximum atomic E-state index is 13.1. The Kier molecular flexibility index (Phi) is 15.2. The fourth-order valence-electron chi connectivity index (χ4n) is 4.34. The molecule has 0 radical (unpaired) electrons. The molecule has 41 heavy (non-hydrogen) atoms. The van der Waals surface area contributed by atoms with Gasteiger partial charge in [-0.05, 0) is 36.6 Å². The van der Waals surface area contributed by atoms with Gasteiger partial charge in [0.2, 0.25) is 0 Å². The minimum atomic E-state index is -1.64. The second kappa shape index (κ2) is 18.6. The van der Waals surface area contributed by atoms with E-state index in [-0.39, 0.29) is 31.1 Å². The number of hydrogen-bond donors (Lipinski definition) is 3. The van der Waals surface area contributed by atoms with Gasteiger partial charge in [-0.3, -0.25) is 0 Å². The molecule has 0 heterocycles. The molecule has 9 heteroatoms. The van der Waals surface area contributed by atoms with Gasteiger partial charge < -0.3 is 29.7 Å². The highest BCUT2D eigenvalue weighted by Gasteiger charge is 2.38. The van der Waals surface area contributed by atoms with Gasteiger partial charge in [-0.1, -0.05) is 101 Å². The van der Waals surface area contributed by atoms with Crippen molar-refractivity contribution in [2.45, 2.75) is 96.6 Å². The van der Waals surface area contributed by atoms with Crippen LogP contribution in [0.3, 0.4) is 0 Å². The Morgan fingerprint density at radius 2 is 1.39 bits per heavy atom. The monoisotopic (exact) mass is 571 g/mol. The van der Waals surface area contributed by atoms with Crippen molar-refractivity contribution in [3.05, 3.63) is 59.7 Å². The quantitative estimate of drug-likeness (QED) is 0.0771. The van der Waals surface area contributed by atoms with E-state index in [2.05, 4.69) is 12.2 Å². The van der Waals surface area contributed by atoms with Crippen LogP contribution in [0.2, 0.25) is 0 Å². The number of unbranched alkanes of at least 4 members (excludes halogenated alkanes) is 9. The molecule has 2 rings (SSSR count). The summed E-state index contributed by atoms with van der Waals surface area (Å²) in [5.41, 5.74) is -0.444. The molecule has 0 spiro atoms. The number of alkyl carbamates (subject to hydrolysis) is 1. The molecular formula is C32H45NO8. The lowest BCUT2D eigenvalue weighted by molar-refractivity contribution is -0.162. The summed E-state index contributed by atoms with van der Waals surface area (Å²) in [7, 11) is 0. The lowest BCUT2D eigenvalue weighted by atomic mass is 9.92. The highest BCUT2D eigenvalue weighted by molar-refractivity contribution is 5.87. The van der Waals surface area contributed by atoms with Crippen LogP contribution in [0.5, 0.6) is 11.5 Å². The topological polar surface area (TPSA) is 131 Å². The van der Waals surface area contributed by atoms with Crippen molar-refractivity contribution in [2.75, 3.05) is 13.2 Å². The molecule has 0 aliphatic rings. The predicted molar refractivity (Wildman–Crippen MR) is 155 cm³/mol. The minimum Gasteiger partial charge on any atom is -0.504 e. The fraction of sp³-hybridized carbons (Fsp3) is 0.531. The average Bonchev–Trinajstić information content (AvgIpc) is 2.96. The van der Waals surface area contributed by atoms with Gasteiger partial charge in [0.15, 0.2) is 18.1 Å². The molecule has 0 aliphatic carbocycles. The third-order valence-electron chi connectivity index (χ3n) is 6.72. The Bertz CT molecular complexity index is 1070. The first-order valence-corrected chi connectivity index (χ1v) is 14.6.